The molecule has 2 aromatic rings. The molecule has 14 heavy (non-hydrogen) atoms. The number of anilines is 1. The van der Waals surface area contributed by atoms with Crippen LogP contribution in [0.5, 0.6) is 0 Å². The highest BCUT2D eigenvalue weighted by Gasteiger charge is 2.06. The Labute approximate surface area is 90.4 Å². The maximum atomic E-state index is 5.85. The second kappa shape index (κ2) is 3.52. The third-order valence-corrected chi connectivity index (χ3v) is 2.48. The van der Waals surface area contributed by atoms with Crippen LogP contribution in [0.25, 0.3) is 11.3 Å². The van der Waals surface area contributed by atoms with E-state index < -0.39 is 0 Å². The van der Waals surface area contributed by atoms with Gasteiger partial charge in [-0.1, -0.05) is 34.4 Å². The van der Waals surface area contributed by atoms with E-state index in [0.29, 0.717) is 15.7 Å². The molecular weight excluding hydrogens is 223 g/mol. The van der Waals surface area contributed by atoms with Gasteiger partial charge in [0.2, 0.25) is 5.88 Å². The first kappa shape index (κ1) is 9.37. The predicted molar refractivity (Wildman–Crippen MR) is 56.4 cm³/mol. The molecule has 0 aliphatic rings. The summed E-state index contributed by atoms with van der Waals surface area (Å²) in [5, 5.41) is 4.74. The van der Waals surface area contributed by atoms with E-state index in [1.165, 1.54) is 0 Å². The largest absolute Gasteiger partial charge is 0.368 e. The maximum absolute atomic E-state index is 5.85. The number of nitrogen functional groups attached to an aromatic ring is 1. The number of hydrogen-bond donors (Lipinski definition) is 1. The fraction of sp³-hybridized carbons (Fsp3) is 0. The van der Waals surface area contributed by atoms with E-state index in [0.717, 1.165) is 5.56 Å². The molecule has 2 N–H and O–H groups in total. The highest BCUT2D eigenvalue weighted by Crippen LogP contribution is 2.28. The summed E-state index contributed by atoms with van der Waals surface area (Å²) in [6.45, 7) is 0. The van der Waals surface area contributed by atoms with Crippen LogP contribution in [0.3, 0.4) is 0 Å². The minimum atomic E-state index is 0.270. The molecule has 0 saturated carbocycles. The van der Waals surface area contributed by atoms with Gasteiger partial charge in [-0.25, -0.2) is 0 Å². The lowest BCUT2D eigenvalue weighted by atomic mass is 10.1. The Kier molecular flexibility index (Phi) is 2.35. The first-order valence-electron chi connectivity index (χ1n) is 3.84. The fourth-order valence-corrected chi connectivity index (χ4v) is 1.38. The van der Waals surface area contributed by atoms with Crippen molar-refractivity contribution < 1.29 is 4.52 Å². The number of rotatable bonds is 1. The summed E-state index contributed by atoms with van der Waals surface area (Å²) in [6, 6.07) is 6.83. The smallest absolute Gasteiger partial charge is 0.222 e. The van der Waals surface area contributed by atoms with Crippen molar-refractivity contribution in [3.8, 4) is 11.3 Å². The van der Waals surface area contributed by atoms with Crippen molar-refractivity contribution in [2.75, 3.05) is 5.73 Å². The molecule has 0 spiro atoms. The lowest BCUT2D eigenvalue weighted by molar-refractivity contribution is 0.439. The van der Waals surface area contributed by atoms with E-state index in [1.54, 1.807) is 24.3 Å². The summed E-state index contributed by atoms with van der Waals surface area (Å²) >= 11 is 11.6. The second-order valence-corrected chi connectivity index (χ2v) is 3.56. The minimum Gasteiger partial charge on any atom is -0.368 e. The topological polar surface area (TPSA) is 52.0 Å². The van der Waals surface area contributed by atoms with Gasteiger partial charge in [-0.15, -0.1) is 0 Å². The van der Waals surface area contributed by atoms with Crippen molar-refractivity contribution in [1.29, 1.82) is 0 Å². The molecule has 0 aliphatic carbocycles. The SMILES string of the molecule is Nc1cc(-c2ccc(Cl)c(Cl)c2)no1. The van der Waals surface area contributed by atoms with Gasteiger partial charge in [0.1, 0.15) is 5.69 Å². The van der Waals surface area contributed by atoms with Crippen LogP contribution in [-0.4, -0.2) is 5.16 Å². The van der Waals surface area contributed by atoms with Crippen LogP contribution in [-0.2, 0) is 0 Å². The number of benzene rings is 1. The van der Waals surface area contributed by atoms with Gasteiger partial charge in [0.05, 0.1) is 10.0 Å². The lowest BCUT2D eigenvalue weighted by Gasteiger charge is -1.97. The molecule has 2 rings (SSSR count). The van der Waals surface area contributed by atoms with E-state index in [2.05, 4.69) is 5.16 Å². The Morgan fingerprint density at radius 3 is 2.50 bits per heavy atom. The average molecular weight is 229 g/mol. The van der Waals surface area contributed by atoms with Crippen molar-refractivity contribution in [2.45, 2.75) is 0 Å². The molecule has 72 valence electrons. The third-order valence-electron chi connectivity index (χ3n) is 1.74. The summed E-state index contributed by atoms with van der Waals surface area (Å²) in [5.41, 5.74) is 6.85. The Morgan fingerprint density at radius 2 is 1.93 bits per heavy atom. The minimum absolute atomic E-state index is 0.270. The number of aromatic nitrogens is 1. The zero-order valence-electron chi connectivity index (χ0n) is 7.00. The lowest BCUT2D eigenvalue weighted by Crippen LogP contribution is -1.78. The molecule has 0 unspecified atom stereocenters. The number of nitrogens with zero attached hydrogens (tertiary/aromatic N) is 1. The first-order valence-corrected chi connectivity index (χ1v) is 4.60. The van der Waals surface area contributed by atoms with Crippen LogP contribution >= 0.6 is 23.2 Å². The molecule has 0 aliphatic heterocycles. The monoisotopic (exact) mass is 228 g/mol. The van der Waals surface area contributed by atoms with E-state index in [1.807, 2.05) is 0 Å². The molecule has 0 atom stereocenters. The normalized spacial score (nSPS) is 10.4. The molecule has 1 heterocycles. The summed E-state index contributed by atoms with van der Waals surface area (Å²) in [6.07, 6.45) is 0. The van der Waals surface area contributed by atoms with Gasteiger partial charge in [-0.2, -0.15) is 0 Å². The van der Waals surface area contributed by atoms with Crippen molar-refractivity contribution in [3.05, 3.63) is 34.3 Å². The van der Waals surface area contributed by atoms with Gasteiger partial charge in [0.15, 0.2) is 0 Å². The van der Waals surface area contributed by atoms with Crippen LogP contribution in [0.15, 0.2) is 28.8 Å². The third kappa shape index (κ3) is 1.69. The standard InChI is InChI=1S/C9H6Cl2N2O/c10-6-2-1-5(3-7(6)11)8-4-9(12)14-13-8/h1-4H,12H2. The van der Waals surface area contributed by atoms with Gasteiger partial charge < -0.3 is 10.3 Å². The number of hydrogen-bond acceptors (Lipinski definition) is 3. The van der Waals surface area contributed by atoms with Gasteiger partial charge in [-0.05, 0) is 12.1 Å². The van der Waals surface area contributed by atoms with Crippen LogP contribution < -0.4 is 5.73 Å². The molecule has 3 nitrogen and oxygen atoms in total. The maximum Gasteiger partial charge on any atom is 0.222 e. The highest BCUT2D eigenvalue weighted by molar-refractivity contribution is 6.42. The van der Waals surface area contributed by atoms with E-state index in [4.69, 9.17) is 33.5 Å². The molecule has 0 radical (unpaired) electrons. The zero-order valence-corrected chi connectivity index (χ0v) is 8.51. The van der Waals surface area contributed by atoms with Crippen molar-refractivity contribution in [2.24, 2.45) is 0 Å². The van der Waals surface area contributed by atoms with Gasteiger partial charge in [-0.3, -0.25) is 0 Å². The Morgan fingerprint density at radius 1 is 1.14 bits per heavy atom. The van der Waals surface area contributed by atoms with E-state index in [9.17, 15) is 0 Å². The number of nitrogens with two attached hydrogens (primary N) is 1. The Bertz CT molecular complexity index is 468. The summed E-state index contributed by atoms with van der Waals surface area (Å²) in [4.78, 5) is 0. The highest BCUT2D eigenvalue weighted by atomic mass is 35.5. The summed E-state index contributed by atoms with van der Waals surface area (Å²) in [5.74, 6) is 0.270. The van der Waals surface area contributed by atoms with Gasteiger partial charge >= 0.3 is 0 Å². The zero-order chi connectivity index (χ0) is 10.1. The average Bonchev–Trinajstić information content (AvgIpc) is 2.57. The number of halogens is 2. The van der Waals surface area contributed by atoms with Gasteiger partial charge in [0.25, 0.3) is 0 Å². The van der Waals surface area contributed by atoms with Crippen LogP contribution in [0.2, 0.25) is 10.0 Å². The molecule has 0 bridgehead atoms. The summed E-state index contributed by atoms with van der Waals surface area (Å²) < 4.78 is 4.74. The molecule has 0 amide bonds. The van der Waals surface area contributed by atoms with E-state index in [-0.39, 0.29) is 5.88 Å². The predicted octanol–water partition coefficient (Wildman–Crippen LogP) is 3.23. The van der Waals surface area contributed by atoms with Crippen LogP contribution in [0.1, 0.15) is 0 Å². The molecule has 0 saturated heterocycles. The molecule has 1 aromatic heterocycles. The van der Waals surface area contributed by atoms with Gasteiger partial charge in [0, 0.05) is 11.6 Å². The van der Waals surface area contributed by atoms with Crippen molar-refractivity contribution in [1.82, 2.24) is 5.16 Å². The second-order valence-electron chi connectivity index (χ2n) is 2.74. The molecular formula is C9H6Cl2N2O. The van der Waals surface area contributed by atoms with E-state index >= 15 is 0 Å². The van der Waals surface area contributed by atoms with Crippen LogP contribution in [0.4, 0.5) is 5.88 Å². The first-order chi connectivity index (χ1) is 6.66. The molecule has 0 fully saturated rings. The Hall–Kier alpha value is -1.19. The quantitative estimate of drug-likeness (QED) is 0.816. The molecule has 1 aromatic carbocycles. The Balaban J connectivity index is 2.47. The fourth-order valence-electron chi connectivity index (χ4n) is 1.08. The summed E-state index contributed by atoms with van der Waals surface area (Å²) in [7, 11) is 0. The molecule has 5 heteroatoms. The van der Waals surface area contributed by atoms with Crippen molar-refractivity contribution >= 4 is 29.1 Å². The van der Waals surface area contributed by atoms with Crippen LogP contribution in [0, 0.1) is 0 Å². The van der Waals surface area contributed by atoms with Crippen molar-refractivity contribution in [3.63, 3.8) is 0 Å².